The highest BCUT2D eigenvalue weighted by molar-refractivity contribution is 5.93. The second kappa shape index (κ2) is 11.9. The number of nitrogens with one attached hydrogen (secondary N) is 3. The second-order valence-electron chi connectivity index (χ2n) is 7.50. The molecule has 0 unspecified atom stereocenters. The normalized spacial score (nSPS) is 14.5. The van der Waals surface area contributed by atoms with Crippen LogP contribution in [-0.2, 0) is 14.3 Å². The standard InChI is InChI=1S/C22H31N3O4/c1-16(2)20(25-22(28)24-18-11-7-4-8-12-18)21(27)29-15-19(26)23-14-13-17-9-5-3-6-10-17/h4,7-9,11-12,16,20H,3,5-6,10,13-15H2,1-2H3,(H,23,26)(H2,24,25,28)/t20-/m1/s1. The molecular weight excluding hydrogens is 370 g/mol. The van der Waals surface area contributed by atoms with Gasteiger partial charge in [-0.25, -0.2) is 9.59 Å². The van der Waals surface area contributed by atoms with Gasteiger partial charge in [0.1, 0.15) is 6.04 Å². The Balaban J connectivity index is 1.72. The fraction of sp³-hybridized carbons (Fsp3) is 0.500. The van der Waals surface area contributed by atoms with Gasteiger partial charge in [0.25, 0.3) is 5.91 Å². The van der Waals surface area contributed by atoms with Crippen molar-refractivity contribution in [3.05, 3.63) is 42.0 Å². The topological polar surface area (TPSA) is 96.5 Å². The zero-order valence-electron chi connectivity index (χ0n) is 17.2. The van der Waals surface area contributed by atoms with E-state index >= 15 is 0 Å². The van der Waals surface area contributed by atoms with Crippen LogP contribution in [0.15, 0.2) is 42.0 Å². The number of ether oxygens (including phenoxy) is 1. The lowest BCUT2D eigenvalue weighted by atomic mass is 9.97. The van der Waals surface area contributed by atoms with Gasteiger partial charge in [-0.1, -0.05) is 43.7 Å². The number of amides is 3. The van der Waals surface area contributed by atoms with E-state index < -0.39 is 18.0 Å². The van der Waals surface area contributed by atoms with Crippen molar-refractivity contribution < 1.29 is 19.1 Å². The quantitative estimate of drug-likeness (QED) is 0.436. The molecule has 3 N–H and O–H groups in total. The molecule has 158 valence electrons. The molecule has 29 heavy (non-hydrogen) atoms. The minimum atomic E-state index is -0.848. The van der Waals surface area contributed by atoms with E-state index in [2.05, 4.69) is 22.0 Å². The number of hydrogen-bond acceptors (Lipinski definition) is 4. The Kier molecular flexibility index (Phi) is 9.21. The highest BCUT2D eigenvalue weighted by atomic mass is 16.5. The number of benzene rings is 1. The van der Waals surface area contributed by atoms with Gasteiger partial charge in [0.2, 0.25) is 0 Å². The predicted molar refractivity (Wildman–Crippen MR) is 112 cm³/mol. The molecule has 7 nitrogen and oxygen atoms in total. The van der Waals surface area contributed by atoms with Crippen LogP contribution < -0.4 is 16.0 Å². The average molecular weight is 402 g/mol. The lowest BCUT2D eigenvalue weighted by Crippen LogP contribution is -2.47. The Hall–Kier alpha value is -2.83. The van der Waals surface area contributed by atoms with E-state index in [9.17, 15) is 14.4 Å². The second-order valence-corrected chi connectivity index (χ2v) is 7.50. The molecule has 0 saturated carbocycles. The summed E-state index contributed by atoms with van der Waals surface area (Å²) in [4.78, 5) is 36.4. The summed E-state index contributed by atoms with van der Waals surface area (Å²) >= 11 is 0. The van der Waals surface area contributed by atoms with Crippen molar-refractivity contribution in [2.24, 2.45) is 5.92 Å². The van der Waals surface area contributed by atoms with Gasteiger partial charge in [0.05, 0.1) is 0 Å². The molecule has 0 aromatic heterocycles. The van der Waals surface area contributed by atoms with Crippen LogP contribution in [0.25, 0.3) is 0 Å². The SMILES string of the molecule is CC(C)[C@@H](NC(=O)Nc1ccccc1)C(=O)OCC(=O)NCCC1=CCCCC1. The number of para-hydroxylation sites is 1. The zero-order valence-corrected chi connectivity index (χ0v) is 17.2. The molecule has 0 bridgehead atoms. The van der Waals surface area contributed by atoms with E-state index in [0.717, 1.165) is 19.3 Å². The lowest BCUT2D eigenvalue weighted by Gasteiger charge is -2.21. The molecule has 1 aliphatic carbocycles. The van der Waals surface area contributed by atoms with Gasteiger partial charge >= 0.3 is 12.0 Å². The van der Waals surface area contributed by atoms with E-state index in [4.69, 9.17) is 4.74 Å². The maximum Gasteiger partial charge on any atom is 0.329 e. The molecule has 1 aromatic rings. The first kappa shape index (κ1) is 22.5. The van der Waals surface area contributed by atoms with Crippen LogP contribution in [-0.4, -0.2) is 37.1 Å². The van der Waals surface area contributed by atoms with Gasteiger partial charge in [0, 0.05) is 12.2 Å². The van der Waals surface area contributed by atoms with E-state index in [0.29, 0.717) is 12.2 Å². The molecule has 1 atom stereocenters. The lowest BCUT2D eigenvalue weighted by molar-refractivity contribution is -0.151. The largest absolute Gasteiger partial charge is 0.454 e. The molecule has 0 spiro atoms. The molecule has 1 aliphatic rings. The average Bonchev–Trinajstić information content (AvgIpc) is 2.71. The number of rotatable bonds is 9. The van der Waals surface area contributed by atoms with Crippen molar-refractivity contribution in [1.29, 1.82) is 0 Å². The van der Waals surface area contributed by atoms with Gasteiger partial charge in [-0.3, -0.25) is 4.79 Å². The summed E-state index contributed by atoms with van der Waals surface area (Å²) in [5.74, 6) is -1.16. The van der Waals surface area contributed by atoms with Crippen molar-refractivity contribution in [2.75, 3.05) is 18.5 Å². The Morgan fingerprint density at radius 2 is 1.86 bits per heavy atom. The van der Waals surface area contributed by atoms with Gasteiger partial charge in [-0.15, -0.1) is 0 Å². The third-order valence-electron chi connectivity index (χ3n) is 4.74. The fourth-order valence-corrected chi connectivity index (χ4v) is 3.10. The number of urea groups is 1. The van der Waals surface area contributed by atoms with Gasteiger partial charge in [-0.2, -0.15) is 0 Å². The van der Waals surface area contributed by atoms with Crippen molar-refractivity contribution >= 4 is 23.6 Å². The van der Waals surface area contributed by atoms with Crippen molar-refractivity contribution in [3.63, 3.8) is 0 Å². The summed E-state index contributed by atoms with van der Waals surface area (Å²) < 4.78 is 5.11. The first-order valence-electron chi connectivity index (χ1n) is 10.2. The van der Waals surface area contributed by atoms with Crippen LogP contribution in [0.4, 0.5) is 10.5 Å². The number of carbonyl (C=O) groups is 3. The summed E-state index contributed by atoms with van der Waals surface area (Å²) in [5, 5.41) is 8.04. The van der Waals surface area contributed by atoms with Crippen LogP contribution in [0.3, 0.4) is 0 Å². The summed E-state index contributed by atoms with van der Waals surface area (Å²) in [6.07, 6.45) is 7.73. The van der Waals surface area contributed by atoms with Crippen LogP contribution in [0, 0.1) is 5.92 Å². The van der Waals surface area contributed by atoms with Crippen LogP contribution in [0.2, 0.25) is 0 Å². The third-order valence-corrected chi connectivity index (χ3v) is 4.74. The first-order chi connectivity index (χ1) is 14.0. The number of hydrogen-bond donors (Lipinski definition) is 3. The van der Waals surface area contributed by atoms with E-state index in [-0.39, 0.29) is 18.4 Å². The highest BCUT2D eigenvalue weighted by Crippen LogP contribution is 2.19. The fourth-order valence-electron chi connectivity index (χ4n) is 3.10. The number of esters is 1. The summed E-state index contributed by atoms with van der Waals surface area (Å²) in [7, 11) is 0. The van der Waals surface area contributed by atoms with Crippen molar-refractivity contribution in [3.8, 4) is 0 Å². The van der Waals surface area contributed by atoms with Gasteiger partial charge in [-0.05, 0) is 50.2 Å². The summed E-state index contributed by atoms with van der Waals surface area (Å²) in [5.41, 5.74) is 2.00. The molecule has 0 aliphatic heterocycles. The highest BCUT2D eigenvalue weighted by Gasteiger charge is 2.26. The summed E-state index contributed by atoms with van der Waals surface area (Å²) in [6.45, 7) is 3.77. The minimum absolute atomic E-state index is 0.190. The Morgan fingerprint density at radius 1 is 1.10 bits per heavy atom. The maximum absolute atomic E-state index is 12.3. The van der Waals surface area contributed by atoms with Crippen LogP contribution in [0.1, 0.15) is 46.0 Å². The van der Waals surface area contributed by atoms with Crippen LogP contribution in [0.5, 0.6) is 0 Å². The van der Waals surface area contributed by atoms with Gasteiger partial charge < -0.3 is 20.7 Å². The summed E-state index contributed by atoms with van der Waals surface area (Å²) in [6, 6.07) is 7.58. The molecule has 2 rings (SSSR count). The molecule has 0 fully saturated rings. The van der Waals surface area contributed by atoms with Crippen molar-refractivity contribution in [2.45, 2.75) is 52.0 Å². The number of anilines is 1. The van der Waals surface area contributed by atoms with Gasteiger partial charge in [0.15, 0.2) is 6.61 Å². The predicted octanol–water partition coefficient (Wildman–Crippen LogP) is 3.38. The molecule has 3 amide bonds. The zero-order chi connectivity index (χ0) is 21.1. The number of allylic oxidation sites excluding steroid dienone is 1. The molecule has 0 radical (unpaired) electrons. The molecule has 0 heterocycles. The minimum Gasteiger partial charge on any atom is -0.454 e. The van der Waals surface area contributed by atoms with E-state index in [1.807, 2.05) is 6.07 Å². The Bertz CT molecular complexity index is 716. The first-order valence-corrected chi connectivity index (χ1v) is 10.2. The molecular formula is C22H31N3O4. The third kappa shape index (κ3) is 8.37. The van der Waals surface area contributed by atoms with Crippen LogP contribution >= 0.6 is 0 Å². The molecule has 0 saturated heterocycles. The molecule has 1 aromatic carbocycles. The monoisotopic (exact) mass is 401 g/mol. The maximum atomic E-state index is 12.3. The van der Waals surface area contributed by atoms with Crippen molar-refractivity contribution in [1.82, 2.24) is 10.6 Å². The van der Waals surface area contributed by atoms with E-state index in [1.165, 1.54) is 18.4 Å². The Morgan fingerprint density at radius 3 is 2.52 bits per heavy atom. The smallest absolute Gasteiger partial charge is 0.329 e. The Labute approximate surface area is 172 Å². The number of carbonyl (C=O) groups excluding carboxylic acids is 3. The molecule has 7 heteroatoms. The van der Waals surface area contributed by atoms with E-state index in [1.54, 1.807) is 38.1 Å².